The van der Waals surface area contributed by atoms with Crippen molar-refractivity contribution in [2.24, 2.45) is 0 Å². The number of methoxy groups -OCH3 is 1. The second-order valence-electron chi connectivity index (χ2n) is 10.9. The van der Waals surface area contributed by atoms with E-state index in [1.807, 2.05) is 56.3 Å². The average molecular weight is 585 g/mol. The number of nitrogens with zero attached hydrogens (tertiary/aromatic N) is 5. The van der Waals surface area contributed by atoms with Crippen LogP contribution in [0.15, 0.2) is 54.9 Å². The lowest BCUT2D eigenvalue weighted by atomic mass is 9.99. The van der Waals surface area contributed by atoms with Gasteiger partial charge in [0.15, 0.2) is 6.61 Å². The fourth-order valence-corrected chi connectivity index (χ4v) is 5.53. The van der Waals surface area contributed by atoms with Crippen LogP contribution in [0.5, 0.6) is 5.75 Å². The highest BCUT2D eigenvalue weighted by Gasteiger charge is 2.27. The maximum atomic E-state index is 12.7. The third-order valence-electron chi connectivity index (χ3n) is 8.03. The van der Waals surface area contributed by atoms with E-state index >= 15 is 0 Å². The molecule has 2 aromatic carbocycles. The Labute approximate surface area is 253 Å². The Hall–Kier alpha value is -4.49. The van der Waals surface area contributed by atoms with Crippen LogP contribution in [-0.2, 0) is 16.1 Å². The normalized spacial score (nSPS) is 14.4. The minimum Gasteiger partial charge on any atom is -0.482 e. The number of esters is 1. The highest BCUT2D eigenvalue weighted by Crippen LogP contribution is 2.29. The summed E-state index contributed by atoms with van der Waals surface area (Å²) >= 11 is 0. The summed E-state index contributed by atoms with van der Waals surface area (Å²) in [5.41, 5.74) is 4.70. The second-order valence-corrected chi connectivity index (χ2v) is 10.9. The second kappa shape index (κ2) is 15.1. The van der Waals surface area contributed by atoms with Gasteiger partial charge in [0.25, 0.3) is 5.91 Å². The Bertz CT molecular complexity index is 1410. The molecule has 1 amide bonds. The van der Waals surface area contributed by atoms with Gasteiger partial charge in [0.1, 0.15) is 12.1 Å². The molecule has 0 spiro atoms. The van der Waals surface area contributed by atoms with Gasteiger partial charge in [-0.3, -0.25) is 4.79 Å². The van der Waals surface area contributed by atoms with E-state index in [1.165, 1.54) is 13.4 Å². The summed E-state index contributed by atoms with van der Waals surface area (Å²) in [5, 5.41) is 12.5. The number of hydrogen-bond donors (Lipinski definition) is 1. The zero-order chi connectivity index (χ0) is 30.8. The van der Waals surface area contributed by atoms with Gasteiger partial charge in [0.05, 0.1) is 35.7 Å². The standard InChI is InChI=1S/C33H40N6O4/c1-23(12-15-35-33(41)32-24(2)36-22-37-25(32)3)38-16-13-29(14-17-38)39(20-27-7-5-6-26(18-27)19-34)28-8-10-30(11-9-28)43-21-31(40)42-4/h5-11,18,22-23,29H,12-17,20-21H2,1-4H3,(H,35,41). The number of amides is 1. The number of carbonyl (C=O) groups is 2. The van der Waals surface area contributed by atoms with Crippen LogP contribution in [0.4, 0.5) is 5.69 Å². The minimum absolute atomic E-state index is 0.126. The van der Waals surface area contributed by atoms with Gasteiger partial charge in [-0.1, -0.05) is 12.1 Å². The van der Waals surface area contributed by atoms with Crippen molar-refractivity contribution in [3.05, 3.63) is 82.9 Å². The van der Waals surface area contributed by atoms with Crippen molar-refractivity contribution < 1.29 is 19.1 Å². The lowest BCUT2D eigenvalue weighted by Gasteiger charge is -2.42. The third kappa shape index (κ3) is 8.52. The summed E-state index contributed by atoms with van der Waals surface area (Å²) in [6.45, 7) is 8.87. The molecule has 10 heteroatoms. The van der Waals surface area contributed by atoms with E-state index in [0.717, 1.165) is 43.6 Å². The smallest absolute Gasteiger partial charge is 0.343 e. The number of nitriles is 1. The Morgan fingerprint density at radius 3 is 2.47 bits per heavy atom. The quantitative estimate of drug-likeness (QED) is 0.312. The summed E-state index contributed by atoms with van der Waals surface area (Å²) in [5.74, 6) is 0.0446. The van der Waals surface area contributed by atoms with Crippen LogP contribution in [0.3, 0.4) is 0 Å². The van der Waals surface area contributed by atoms with Gasteiger partial charge in [-0.15, -0.1) is 0 Å². The maximum Gasteiger partial charge on any atom is 0.343 e. The maximum absolute atomic E-state index is 12.7. The number of benzene rings is 2. The molecule has 0 saturated carbocycles. The largest absolute Gasteiger partial charge is 0.482 e. The predicted molar refractivity (Wildman–Crippen MR) is 164 cm³/mol. The molecule has 10 nitrogen and oxygen atoms in total. The molecule has 1 aromatic heterocycles. The molecule has 1 unspecified atom stereocenters. The van der Waals surface area contributed by atoms with Crippen molar-refractivity contribution in [1.82, 2.24) is 20.2 Å². The number of likely N-dealkylation sites (tertiary alicyclic amines) is 1. The monoisotopic (exact) mass is 584 g/mol. The number of aryl methyl sites for hydroxylation is 2. The van der Waals surface area contributed by atoms with Crippen LogP contribution in [0.1, 0.15) is 59.1 Å². The third-order valence-corrected chi connectivity index (χ3v) is 8.03. The summed E-state index contributed by atoms with van der Waals surface area (Å²) < 4.78 is 10.2. The molecule has 43 heavy (non-hydrogen) atoms. The molecule has 3 aromatic rings. The summed E-state index contributed by atoms with van der Waals surface area (Å²) in [4.78, 5) is 37.4. The van der Waals surface area contributed by atoms with Crippen LogP contribution >= 0.6 is 0 Å². The number of piperidine rings is 1. The highest BCUT2D eigenvalue weighted by molar-refractivity contribution is 5.96. The number of rotatable bonds is 12. The fraction of sp³-hybridized carbons (Fsp3) is 0.424. The molecule has 1 fully saturated rings. The molecule has 1 saturated heterocycles. The zero-order valence-corrected chi connectivity index (χ0v) is 25.4. The molecular formula is C33H40N6O4. The van der Waals surface area contributed by atoms with Gasteiger partial charge in [-0.25, -0.2) is 14.8 Å². The average Bonchev–Trinajstić information content (AvgIpc) is 3.03. The van der Waals surface area contributed by atoms with Gasteiger partial charge in [0.2, 0.25) is 0 Å². The van der Waals surface area contributed by atoms with Crippen LogP contribution in [-0.4, -0.2) is 72.2 Å². The summed E-state index contributed by atoms with van der Waals surface area (Å²) in [6, 6.07) is 18.4. The molecule has 1 N–H and O–H groups in total. The van der Waals surface area contributed by atoms with Crippen molar-refractivity contribution in [2.45, 2.75) is 58.7 Å². The molecule has 1 atom stereocenters. The molecule has 0 aliphatic carbocycles. The van der Waals surface area contributed by atoms with Crippen molar-refractivity contribution in [3.8, 4) is 11.8 Å². The number of hydrogen-bond acceptors (Lipinski definition) is 9. The van der Waals surface area contributed by atoms with Crippen LogP contribution < -0.4 is 15.0 Å². The van der Waals surface area contributed by atoms with Gasteiger partial charge in [0, 0.05) is 44.0 Å². The molecule has 1 aliphatic heterocycles. The van der Waals surface area contributed by atoms with Crippen molar-refractivity contribution in [2.75, 3.05) is 38.3 Å². The predicted octanol–water partition coefficient (Wildman–Crippen LogP) is 4.20. The molecule has 0 bridgehead atoms. The molecule has 4 rings (SSSR count). The first-order valence-corrected chi connectivity index (χ1v) is 14.6. The van der Waals surface area contributed by atoms with E-state index in [2.05, 4.69) is 48.9 Å². The van der Waals surface area contributed by atoms with E-state index in [4.69, 9.17) is 4.74 Å². The van der Waals surface area contributed by atoms with Crippen LogP contribution in [0, 0.1) is 25.2 Å². The van der Waals surface area contributed by atoms with E-state index in [1.54, 1.807) is 0 Å². The topological polar surface area (TPSA) is 121 Å². The van der Waals surface area contributed by atoms with E-state index in [0.29, 0.717) is 53.4 Å². The van der Waals surface area contributed by atoms with Crippen molar-refractivity contribution >= 4 is 17.6 Å². The van der Waals surface area contributed by atoms with Gasteiger partial charge < -0.3 is 24.6 Å². The van der Waals surface area contributed by atoms with E-state index < -0.39 is 5.97 Å². The minimum atomic E-state index is -0.428. The lowest BCUT2D eigenvalue weighted by molar-refractivity contribution is -0.142. The number of nitrogens with one attached hydrogen (secondary N) is 1. The van der Waals surface area contributed by atoms with Gasteiger partial charge in [-0.05, 0) is 82.0 Å². The Morgan fingerprint density at radius 2 is 1.81 bits per heavy atom. The molecule has 2 heterocycles. The van der Waals surface area contributed by atoms with E-state index in [9.17, 15) is 14.9 Å². The van der Waals surface area contributed by atoms with Crippen molar-refractivity contribution in [3.63, 3.8) is 0 Å². The Morgan fingerprint density at radius 1 is 1.12 bits per heavy atom. The Balaban J connectivity index is 1.37. The van der Waals surface area contributed by atoms with Crippen molar-refractivity contribution in [1.29, 1.82) is 5.26 Å². The van der Waals surface area contributed by atoms with E-state index in [-0.39, 0.29) is 12.5 Å². The molecule has 0 radical (unpaired) electrons. The molecular weight excluding hydrogens is 544 g/mol. The fourth-order valence-electron chi connectivity index (χ4n) is 5.53. The summed E-state index contributed by atoms with van der Waals surface area (Å²) in [6.07, 6.45) is 4.29. The lowest BCUT2D eigenvalue weighted by Crippen LogP contribution is -2.48. The molecule has 226 valence electrons. The zero-order valence-electron chi connectivity index (χ0n) is 25.4. The number of ether oxygens (including phenoxy) is 2. The summed E-state index contributed by atoms with van der Waals surface area (Å²) in [7, 11) is 1.33. The van der Waals surface area contributed by atoms with Crippen LogP contribution in [0.25, 0.3) is 0 Å². The first kappa shape index (κ1) is 31.4. The molecule has 1 aliphatic rings. The van der Waals surface area contributed by atoms with Gasteiger partial charge >= 0.3 is 5.97 Å². The first-order chi connectivity index (χ1) is 20.8. The Kier molecular flexibility index (Phi) is 11.1. The van der Waals surface area contributed by atoms with Gasteiger partial charge in [-0.2, -0.15) is 5.26 Å². The SMILES string of the molecule is COC(=O)COc1ccc(N(Cc2cccc(C#N)c2)C2CCN(C(C)CCNC(=O)c3c(C)ncnc3C)CC2)cc1. The number of anilines is 1. The van der Waals surface area contributed by atoms with Crippen LogP contribution in [0.2, 0.25) is 0 Å². The first-order valence-electron chi connectivity index (χ1n) is 14.6. The number of carbonyl (C=O) groups excluding carboxylic acids is 2. The number of aromatic nitrogens is 2. The highest BCUT2D eigenvalue weighted by atomic mass is 16.6.